The van der Waals surface area contributed by atoms with Crippen molar-refractivity contribution in [3.63, 3.8) is 0 Å². The lowest BCUT2D eigenvalue weighted by Gasteiger charge is -2.06. The normalized spacial score (nSPS) is 15.7. The van der Waals surface area contributed by atoms with Gasteiger partial charge < -0.3 is 9.67 Å². The van der Waals surface area contributed by atoms with Gasteiger partial charge in [0.05, 0.1) is 17.6 Å². The lowest BCUT2D eigenvalue weighted by Crippen LogP contribution is -2.06. The van der Waals surface area contributed by atoms with E-state index in [2.05, 4.69) is 4.98 Å². The molecule has 1 aliphatic rings. The van der Waals surface area contributed by atoms with Gasteiger partial charge in [-0.2, -0.15) is 0 Å². The van der Waals surface area contributed by atoms with Gasteiger partial charge in [-0.25, -0.2) is 13.8 Å². The lowest BCUT2D eigenvalue weighted by atomic mass is 10.3. The maximum absolute atomic E-state index is 13.2. The highest BCUT2D eigenvalue weighted by molar-refractivity contribution is 5.76. The molecule has 1 aliphatic carbocycles. The number of halogens is 2. The molecule has 1 aromatic carbocycles. The molecule has 1 saturated carbocycles. The van der Waals surface area contributed by atoms with Gasteiger partial charge in [-0.15, -0.1) is 0 Å². The Kier molecular flexibility index (Phi) is 2.36. The van der Waals surface area contributed by atoms with E-state index >= 15 is 0 Å². The number of hydrogen-bond donors (Lipinski definition) is 1. The third-order valence-electron chi connectivity index (χ3n) is 3.09. The van der Waals surface area contributed by atoms with Crippen molar-refractivity contribution in [1.82, 2.24) is 9.55 Å². The van der Waals surface area contributed by atoms with E-state index in [1.54, 1.807) is 4.57 Å². The number of aliphatic hydroxyl groups excluding tert-OH is 1. The zero-order valence-corrected chi connectivity index (χ0v) is 9.16. The fraction of sp³-hybridized carbons (Fsp3) is 0.417. The van der Waals surface area contributed by atoms with Crippen LogP contribution < -0.4 is 0 Å². The minimum absolute atomic E-state index is 0.0375. The van der Waals surface area contributed by atoms with E-state index < -0.39 is 11.6 Å². The molecule has 0 unspecified atom stereocenters. The summed E-state index contributed by atoms with van der Waals surface area (Å²) in [5, 5.41) is 9.03. The van der Waals surface area contributed by atoms with Crippen LogP contribution in [0.5, 0.6) is 0 Å². The summed E-state index contributed by atoms with van der Waals surface area (Å²) in [4.78, 5) is 4.34. The number of rotatable bonds is 3. The first-order valence-corrected chi connectivity index (χ1v) is 5.66. The van der Waals surface area contributed by atoms with Crippen molar-refractivity contribution in [3.05, 3.63) is 29.6 Å². The largest absolute Gasteiger partial charge is 0.395 e. The van der Waals surface area contributed by atoms with E-state index in [4.69, 9.17) is 5.11 Å². The van der Waals surface area contributed by atoms with Crippen LogP contribution in [0, 0.1) is 11.6 Å². The van der Waals surface area contributed by atoms with Crippen LogP contribution in [0.25, 0.3) is 11.0 Å². The standard InChI is InChI=1S/C12H12F2N2O/c13-8-5-10-11(6-9(8)14)16(3-4-17)12(15-10)7-1-2-7/h5-7,17H,1-4H2. The summed E-state index contributed by atoms with van der Waals surface area (Å²) in [7, 11) is 0. The summed E-state index contributed by atoms with van der Waals surface area (Å²) >= 11 is 0. The van der Waals surface area contributed by atoms with E-state index in [1.165, 1.54) is 0 Å². The van der Waals surface area contributed by atoms with Crippen LogP contribution in [0.1, 0.15) is 24.6 Å². The minimum atomic E-state index is -0.881. The molecule has 5 heteroatoms. The number of hydrogen-bond acceptors (Lipinski definition) is 2. The van der Waals surface area contributed by atoms with Crippen molar-refractivity contribution in [2.45, 2.75) is 25.3 Å². The molecule has 0 bridgehead atoms. The van der Waals surface area contributed by atoms with Gasteiger partial charge in [0.25, 0.3) is 0 Å². The molecule has 0 radical (unpaired) electrons. The molecule has 1 heterocycles. The van der Waals surface area contributed by atoms with Gasteiger partial charge in [-0.1, -0.05) is 0 Å². The highest BCUT2D eigenvalue weighted by atomic mass is 19.2. The molecule has 17 heavy (non-hydrogen) atoms. The van der Waals surface area contributed by atoms with Crippen LogP contribution in [-0.2, 0) is 6.54 Å². The molecule has 0 saturated heterocycles. The van der Waals surface area contributed by atoms with Crippen LogP contribution in [-0.4, -0.2) is 21.3 Å². The summed E-state index contributed by atoms with van der Waals surface area (Å²) in [6.07, 6.45) is 2.11. The van der Waals surface area contributed by atoms with Crippen molar-refractivity contribution in [1.29, 1.82) is 0 Å². The van der Waals surface area contributed by atoms with Crippen molar-refractivity contribution in [2.24, 2.45) is 0 Å². The Morgan fingerprint density at radius 2 is 2.00 bits per heavy atom. The molecule has 0 aliphatic heterocycles. The second-order valence-electron chi connectivity index (χ2n) is 4.37. The average molecular weight is 238 g/mol. The molecule has 90 valence electrons. The highest BCUT2D eigenvalue weighted by Gasteiger charge is 2.29. The second-order valence-corrected chi connectivity index (χ2v) is 4.37. The van der Waals surface area contributed by atoms with E-state index in [1.807, 2.05) is 0 Å². The fourth-order valence-electron chi connectivity index (χ4n) is 2.13. The van der Waals surface area contributed by atoms with Gasteiger partial charge in [-0.3, -0.25) is 0 Å². The third-order valence-corrected chi connectivity index (χ3v) is 3.09. The fourth-order valence-corrected chi connectivity index (χ4v) is 2.13. The van der Waals surface area contributed by atoms with Crippen LogP contribution in [0.4, 0.5) is 8.78 Å². The molecule has 0 atom stereocenters. The first kappa shape index (κ1) is 10.7. The number of aromatic nitrogens is 2. The molecule has 3 rings (SSSR count). The molecular formula is C12H12F2N2O. The Balaban J connectivity index is 2.23. The van der Waals surface area contributed by atoms with Crippen LogP contribution >= 0.6 is 0 Å². The molecule has 0 amide bonds. The summed E-state index contributed by atoms with van der Waals surface area (Å²) in [5.41, 5.74) is 1.01. The van der Waals surface area contributed by atoms with Gasteiger partial charge >= 0.3 is 0 Å². The summed E-state index contributed by atoms with van der Waals surface area (Å²) in [5.74, 6) is -0.549. The SMILES string of the molecule is OCCn1c(C2CC2)nc2cc(F)c(F)cc21. The molecule has 1 N–H and O–H groups in total. The van der Waals surface area contributed by atoms with Crippen LogP contribution in [0.2, 0.25) is 0 Å². The van der Waals surface area contributed by atoms with Crippen molar-refractivity contribution >= 4 is 11.0 Å². The predicted molar refractivity (Wildman–Crippen MR) is 58.7 cm³/mol. The number of fused-ring (bicyclic) bond motifs is 1. The molecule has 3 nitrogen and oxygen atoms in total. The molecule has 1 aromatic heterocycles. The number of imidazole rings is 1. The quantitative estimate of drug-likeness (QED) is 0.890. The second kappa shape index (κ2) is 3.77. The summed E-state index contributed by atoms with van der Waals surface area (Å²) in [6, 6.07) is 2.27. The Hall–Kier alpha value is -1.49. The first-order valence-electron chi connectivity index (χ1n) is 5.66. The maximum Gasteiger partial charge on any atom is 0.161 e. The minimum Gasteiger partial charge on any atom is -0.395 e. The van der Waals surface area contributed by atoms with Crippen molar-refractivity contribution < 1.29 is 13.9 Å². The van der Waals surface area contributed by atoms with E-state index in [0.29, 0.717) is 23.5 Å². The van der Waals surface area contributed by atoms with E-state index in [-0.39, 0.29) is 6.61 Å². The topological polar surface area (TPSA) is 38.0 Å². The van der Waals surface area contributed by atoms with Crippen LogP contribution in [0.3, 0.4) is 0 Å². The average Bonchev–Trinajstić information content (AvgIpc) is 3.08. The molecule has 0 spiro atoms. The molecular weight excluding hydrogens is 226 g/mol. The van der Waals surface area contributed by atoms with Gasteiger partial charge in [0, 0.05) is 24.6 Å². The number of aliphatic hydroxyl groups is 1. The summed E-state index contributed by atoms with van der Waals surface area (Å²) in [6.45, 7) is 0.331. The van der Waals surface area contributed by atoms with Crippen molar-refractivity contribution in [2.75, 3.05) is 6.61 Å². The smallest absolute Gasteiger partial charge is 0.161 e. The Bertz CT molecular complexity index is 575. The summed E-state index contributed by atoms with van der Waals surface area (Å²) < 4.78 is 28.1. The van der Waals surface area contributed by atoms with Gasteiger partial charge in [0.2, 0.25) is 0 Å². The zero-order valence-electron chi connectivity index (χ0n) is 9.16. The van der Waals surface area contributed by atoms with E-state index in [0.717, 1.165) is 30.8 Å². The van der Waals surface area contributed by atoms with Crippen molar-refractivity contribution in [3.8, 4) is 0 Å². The van der Waals surface area contributed by atoms with E-state index in [9.17, 15) is 8.78 Å². The number of benzene rings is 1. The monoisotopic (exact) mass is 238 g/mol. The zero-order chi connectivity index (χ0) is 12.0. The molecule has 1 fully saturated rings. The van der Waals surface area contributed by atoms with Crippen LogP contribution in [0.15, 0.2) is 12.1 Å². The molecule has 2 aromatic rings. The number of nitrogens with zero attached hydrogens (tertiary/aromatic N) is 2. The lowest BCUT2D eigenvalue weighted by molar-refractivity contribution is 0.276. The first-order chi connectivity index (χ1) is 8.20. The predicted octanol–water partition coefficient (Wildman–Crippen LogP) is 2.18. The highest BCUT2D eigenvalue weighted by Crippen LogP contribution is 2.40. The Morgan fingerprint density at radius 3 is 2.65 bits per heavy atom. The van der Waals surface area contributed by atoms with Gasteiger partial charge in [0.1, 0.15) is 5.82 Å². The van der Waals surface area contributed by atoms with Gasteiger partial charge in [0.15, 0.2) is 11.6 Å². The Labute approximate surface area is 96.7 Å². The Morgan fingerprint density at radius 1 is 1.29 bits per heavy atom. The van der Waals surface area contributed by atoms with Gasteiger partial charge in [-0.05, 0) is 12.8 Å². The maximum atomic E-state index is 13.2. The third kappa shape index (κ3) is 1.70.